The van der Waals surface area contributed by atoms with Gasteiger partial charge in [0.25, 0.3) is 0 Å². The van der Waals surface area contributed by atoms with Gasteiger partial charge in [0.2, 0.25) is 0 Å². The third-order valence-corrected chi connectivity index (χ3v) is 3.89. The van der Waals surface area contributed by atoms with E-state index in [0.717, 1.165) is 24.0 Å². The molecule has 0 aromatic heterocycles. The lowest BCUT2D eigenvalue weighted by Crippen LogP contribution is -2.37. The Bertz CT molecular complexity index is 422. The van der Waals surface area contributed by atoms with E-state index < -0.39 is 5.97 Å². The normalized spacial score (nSPS) is 19.5. The zero-order valence-electron chi connectivity index (χ0n) is 10.3. The second kappa shape index (κ2) is 5.71. The maximum absolute atomic E-state index is 10.7. The predicted molar refractivity (Wildman–Crippen MR) is 75.0 cm³/mol. The quantitative estimate of drug-likeness (QED) is 0.924. The van der Waals surface area contributed by atoms with Gasteiger partial charge in [0.05, 0.1) is 6.54 Å². The summed E-state index contributed by atoms with van der Waals surface area (Å²) in [7, 11) is 1.88. The van der Waals surface area contributed by atoms with Crippen LogP contribution in [0, 0.1) is 0 Å². The molecule has 5 heteroatoms. The molecule has 1 aromatic carbocycles. The number of nitrogens with zero attached hydrogens (tertiary/aromatic N) is 2. The first kappa shape index (κ1) is 13.4. The van der Waals surface area contributed by atoms with Crippen molar-refractivity contribution in [3.05, 3.63) is 28.7 Å². The topological polar surface area (TPSA) is 43.8 Å². The Morgan fingerprint density at radius 1 is 1.50 bits per heavy atom. The molecule has 1 saturated heterocycles. The van der Waals surface area contributed by atoms with Crippen LogP contribution in [0.4, 0.5) is 5.69 Å². The van der Waals surface area contributed by atoms with Crippen molar-refractivity contribution < 1.29 is 9.90 Å². The fraction of sp³-hybridized carbons (Fsp3) is 0.462. The lowest BCUT2D eigenvalue weighted by atomic mass is 10.2. The smallest absolute Gasteiger partial charge is 0.317 e. The molecule has 1 aliphatic rings. The van der Waals surface area contributed by atoms with Gasteiger partial charge in [-0.05, 0) is 37.7 Å². The minimum atomic E-state index is -0.764. The second-order valence-electron chi connectivity index (χ2n) is 4.67. The fourth-order valence-electron chi connectivity index (χ4n) is 2.33. The predicted octanol–water partition coefficient (Wildman–Crippen LogP) is 2.04. The average Bonchev–Trinajstić information content (AvgIpc) is 2.78. The van der Waals surface area contributed by atoms with Gasteiger partial charge < -0.3 is 10.0 Å². The maximum atomic E-state index is 10.7. The van der Waals surface area contributed by atoms with Gasteiger partial charge in [0, 0.05) is 29.3 Å². The number of likely N-dealkylation sites (N-methyl/N-ethyl adjacent to an activating group) is 1. The van der Waals surface area contributed by atoms with Crippen molar-refractivity contribution in [1.29, 1.82) is 0 Å². The van der Waals surface area contributed by atoms with Crippen molar-refractivity contribution in [3.63, 3.8) is 0 Å². The van der Waals surface area contributed by atoms with Crippen LogP contribution in [0.2, 0.25) is 0 Å². The van der Waals surface area contributed by atoms with Crippen LogP contribution in [0.5, 0.6) is 0 Å². The molecule has 0 saturated carbocycles. The highest BCUT2D eigenvalue weighted by molar-refractivity contribution is 9.10. The molecular weight excluding hydrogens is 296 g/mol. The summed E-state index contributed by atoms with van der Waals surface area (Å²) >= 11 is 3.42. The molecular formula is C13H17BrN2O2. The van der Waals surface area contributed by atoms with E-state index in [9.17, 15) is 4.79 Å². The molecule has 1 unspecified atom stereocenters. The molecule has 1 N–H and O–H groups in total. The second-order valence-corrected chi connectivity index (χ2v) is 5.59. The van der Waals surface area contributed by atoms with E-state index in [-0.39, 0.29) is 6.54 Å². The molecule has 0 bridgehead atoms. The summed E-state index contributed by atoms with van der Waals surface area (Å²) in [5.74, 6) is -0.764. The molecule has 1 heterocycles. The van der Waals surface area contributed by atoms with Crippen molar-refractivity contribution >= 4 is 27.6 Å². The van der Waals surface area contributed by atoms with Crippen molar-refractivity contribution in [2.75, 3.05) is 31.6 Å². The number of hydrogen-bond donors (Lipinski definition) is 1. The highest BCUT2D eigenvalue weighted by Crippen LogP contribution is 2.24. The molecule has 1 atom stereocenters. The van der Waals surface area contributed by atoms with E-state index >= 15 is 0 Å². The highest BCUT2D eigenvalue weighted by atomic mass is 79.9. The number of carboxylic acids is 1. The molecule has 98 valence electrons. The van der Waals surface area contributed by atoms with E-state index in [1.165, 1.54) is 5.69 Å². The van der Waals surface area contributed by atoms with Gasteiger partial charge in [-0.2, -0.15) is 0 Å². The SMILES string of the molecule is CN(CC(=O)O)C1CCN(c2ccc(Br)cc2)C1. The lowest BCUT2D eigenvalue weighted by molar-refractivity contribution is -0.138. The van der Waals surface area contributed by atoms with Crippen molar-refractivity contribution in [1.82, 2.24) is 4.90 Å². The van der Waals surface area contributed by atoms with Crippen LogP contribution in [0.1, 0.15) is 6.42 Å². The van der Waals surface area contributed by atoms with Crippen molar-refractivity contribution in [2.24, 2.45) is 0 Å². The minimum Gasteiger partial charge on any atom is -0.480 e. The molecule has 0 radical (unpaired) electrons. The Kier molecular flexibility index (Phi) is 4.24. The van der Waals surface area contributed by atoms with Gasteiger partial charge in [-0.3, -0.25) is 9.69 Å². The van der Waals surface area contributed by atoms with Crippen LogP contribution < -0.4 is 4.90 Å². The first-order valence-electron chi connectivity index (χ1n) is 5.99. The Morgan fingerprint density at radius 2 is 2.17 bits per heavy atom. The van der Waals surface area contributed by atoms with Gasteiger partial charge in [-0.25, -0.2) is 0 Å². The zero-order valence-corrected chi connectivity index (χ0v) is 11.9. The number of anilines is 1. The molecule has 1 aromatic rings. The Balaban J connectivity index is 1.95. The minimum absolute atomic E-state index is 0.110. The summed E-state index contributed by atoms with van der Waals surface area (Å²) in [4.78, 5) is 14.9. The Labute approximate surface area is 115 Å². The van der Waals surface area contributed by atoms with Crippen LogP contribution >= 0.6 is 15.9 Å². The van der Waals surface area contributed by atoms with E-state index in [1.807, 2.05) is 24.1 Å². The van der Waals surface area contributed by atoms with Crippen molar-refractivity contribution in [2.45, 2.75) is 12.5 Å². The third-order valence-electron chi connectivity index (χ3n) is 3.36. The number of hydrogen-bond acceptors (Lipinski definition) is 3. The number of aliphatic carboxylic acids is 1. The lowest BCUT2D eigenvalue weighted by Gasteiger charge is -2.23. The monoisotopic (exact) mass is 312 g/mol. The summed E-state index contributed by atoms with van der Waals surface area (Å²) in [6.45, 7) is 1.99. The summed E-state index contributed by atoms with van der Waals surface area (Å²) in [6, 6.07) is 8.56. The summed E-state index contributed by atoms with van der Waals surface area (Å²) in [6.07, 6.45) is 1.01. The molecule has 1 fully saturated rings. The summed E-state index contributed by atoms with van der Waals surface area (Å²) in [5, 5.41) is 8.80. The summed E-state index contributed by atoms with van der Waals surface area (Å²) in [5.41, 5.74) is 1.20. The van der Waals surface area contributed by atoms with Gasteiger partial charge in [0.1, 0.15) is 0 Å². The first-order chi connectivity index (χ1) is 8.56. The Morgan fingerprint density at radius 3 is 2.78 bits per heavy atom. The van der Waals surface area contributed by atoms with Crippen molar-refractivity contribution in [3.8, 4) is 0 Å². The van der Waals surface area contributed by atoms with Crippen LogP contribution in [0.25, 0.3) is 0 Å². The number of rotatable bonds is 4. The van der Waals surface area contributed by atoms with Crippen LogP contribution in [-0.4, -0.2) is 48.7 Å². The molecule has 0 amide bonds. The largest absolute Gasteiger partial charge is 0.480 e. The molecule has 1 aliphatic heterocycles. The van der Waals surface area contributed by atoms with Crippen LogP contribution in [0.3, 0.4) is 0 Å². The molecule has 4 nitrogen and oxygen atoms in total. The van der Waals surface area contributed by atoms with Gasteiger partial charge in [-0.15, -0.1) is 0 Å². The number of halogens is 1. The maximum Gasteiger partial charge on any atom is 0.317 e. The standard InChI is InChI=1S/C13H17BrN2O2/c1-15(9-13(17)18)12-6-7-16(8-12)11-4-2-10(14)3-5-11/h2-5,12H,6-9H2,1H3,(H,17,18). The van der Waals surface area contributed by atoms with E-state index in [1.54, 1.807) is 0 Å². The highest BCUT2D eigenvalue weighted by Gasteiger charge is 2.26. The van der Waals surface area contributed by atoms with E-state index in [2.05, 4.69) is 33.0 Å². The van der Waals surface area contributed by atoms with Gasteiger partial charge in [0.15, 0.2) is 0 Å². The van der Waals surface area contributed by atoms with Crippen LogP contribution in [-0.2, 0) is 4.79 Å². The third kappa shape index (κ3) is 3.23. The number of carbonyl (C=O) groups is 1. The zero-order chi connectivity index (χ0) is 13.1. The van der Waals surface area contributed by atoms with Gasteiger partial charge >= 0.3 is 5.97 Å². The average molecular weight is 313 g/mol. The van der Waals surface area contributed by atoms with Gasteiger partial charge in [-0.1, -0.05) is 15.9 Å². The first-order valence-corrected chi connectivity index (χ1v) is 6.78. The molecule has 18 heavy (non-hydrogen) atoms. The molecule has 2 rings (SSSR count). The number of benzene rings is 1. The van der Waals surface area contributed by atoms with E-state index in [0.29, 0.717) is 6.04 Å². The van der Waals surface area contributed by atoms with E-state index in [4.69, 9.17) is 5.11 Å². The van der Waals surface area contributed by atoms with Crippen LogP contribution in [0.15, 0.2) is 28.7 Å². The number of carboxylic acid groups (broad SMARTS) is 1. The summed E-state index contributed by atoms with van der Waals surface area (Å²) < 4.78 is 1.07. The fourth-order valence-corrected chi connectivity index (χ4v) is 2.59. The Hall–Kier alpha value is -1.07. The molecule has 0 aliphatic carbocycles. The molecule has 0 spiro atoms.